The summed E-state index contributed by atoms with van der Waals surface area (Å²) < 4.78 is 0.739. The van der Waals surface area contributed by atoms with Crippen molar-refractivity contribution in [2.45, 2.75) is 58.3 Å². The lowest BCUT2D eigenvalue weighted by Crippen LogP contribution is -2.24. The van der Waals surface area contributed by atoms with Crippen molar-refractivity contribution in [3.8, 4) is 0 Å². The monoisotopic (exact) mass is 373 g/mol. The van der Waals surface area contributed by atoms with Crippen molar-refractivity contribution in [3.05, 3.63) is 33.3 Å². The number of hydrogen-bond donors (Lipinski definition) is 1. The maximum absolute atomic E-state index is 12.0. The van der Waals surface area contributed by atoms with Crippen LogP contribution in [0.5, 0.6) is 0 Å². The van der Waals surface area contributed by atoms with E-state index in [1.165, 1.54) is 44.9 Å². The summed E-state index contributed by atoms with van der Waals surface area (Å²) >= 11 is 9.23. The van der Waals surface area contributed by atoms with Crippen LogP contribution >= 0.6 is 27.5 Å². The van der Waals surface area contributed by atoms with E-state index in [1.54, 1.807) is 18.2 Å². The van der Waals surface area contributed by atoms with Crippen molar-refractivity contribution in [2.24, 2.45) is 0 Å². The van der Waals surface area contributed by atoms with E-state index in [-0.39, 0.29) is 5.91 Å². The van der Waals surface area contributed by atoms with Crippen LogP contribution < -0.4 is 5.32 Å². The predicted octanol–water partition coefficient (Wildman–Crippen LogP) is 5.97. The third kappa shape index (κ3) is 7.87. The van der Waals surface area contributed by atoms with Gasteiger partial charge in [-0.3, -0.25) is 4.79 Å². The molecule has 0 heterocycles. The Balaban J connectivity index is 2.11. The third-order valence-corrected chi connectivity index (χ3v) is 4.38. The molecule has 4 heteroatoms. The lowest BCUT2D eigenvalue weighted by molar-refractivity contribution is 0.0952. The first-order valence-corrected chi connectivity index (χ1v) is 9.05. The lowest BCUT2D eigenvalue weighted by atomic mass is 10.1. The Kier molecular flexibility index (Phi) is 9.77. The fraction of sp³-hybridized carbons (Fsp3) is 0.588. The molecular weight excluding hydrogens is 350 g/mol. The molecule has 118 valence electrons. The molecule has 0 fully saturated rings. The second kappa shape index (κ2) is 11.1. The molecule has 0 bridgehead atoms. The highest BCUT2D eigenvalue weighted by molar-refractivity contribution is 9.10. The second-order valence-corrected chi connectivity index (χ2v) is 6.65. The molecule has 0 radical (unpaired) electrons. The largest absolute Gasteiger partial charge is 0.352 e. The van der Waals surface area contributed by atoms with Gasteiger partial charge in [-0.1, -0.05) is 63.5 Å². The highest BCUT2D eigenvalue weighted by Crippen LogP contribution is 2.21. The quantitative estimate of drug-likeness (QED) is 0.502. The number of unbranched alkanes of at least 4 members (excludes halogenated alkanes) is 7. The highest BCUT2D eigenvalue weighted by atomic mass is 79.9. The minimum Gasteiger partial charge on any atom is -0.352 e. The molecule has 0 aromatic heterocycles. The Morgan fingerprint density at radius 1 is 1.10 bits per heavy atom. The summed E-state index contributed by atoms with van der Waals surface area (Å²) in [6.45, 7) is 2.98. The molecule has 1 aromatic carbocycles. The lowest BCUT2D eigenvalue weighted by Gasteiger charge is -2.07. The van der Waals surface area contributed by atoms with Crippen LogP contribution in [-0.4, -0.2) is 12.5 Å². The number of carbonyl (C=O) groups excluding carboxylic acids is 1. The topological polar surface area (TPSA) is 29.1 Å². The van der Waals surface area contributed by atoms with Gasteiger partial charge >= 0.3 is 0 Å². The van der Waals surface area contributed by atoms with Gasteiger partial charge in [0.25, 0.3) is 5.91 Å². The average Bonchev–Trinajstić information content (AvgIpc) is 2.45. The normalized spacial score (nSPS) is 10.6. The first kappa shape index (κ1) is 18.5. The van der Waals surface area contributed by atoms with Gasteiger partial charge in [0.15, 0.2) is 0 Å². The summed E-state index contributed by atoms with van der Waals surface area (Å²) in [7, 11) is 0. The van der Waals surface area contributed by atoms with Gasteiger partial charge in [0.2, 0.25) is 0 Å². The van der Waals surface area contributed by atoms with E-state index in [9.17, 15) is 4.79 Å². The van der Waals surface area contributed by atoms with Crippen molar-refractivity contribution >= 4 is 33.4 Å². The van der Waals surface area contributed by atoms with Gasteiger partial charge in [-0.2, -0.15) is 0 Å². The number of carbonyl (C=O) groups is 1. The van der Waals surface area contributed by atoms with Gasteiger partial charge in [-0.25, -0.2) is 0 Å². The molecular formula is C17H25BrClNO. The van der Waals surface area contributed by atoms with Crippen LogP contribution in [0.1, 0.15) is 68.6 Å². The molecule has 0 aliphatic rings. The molecule has 0 atom stereocenters. The summed E-state index contributed by atoms with van der Waals surface area (Å²) in [5.74, 6) is -0.0403. The second-order valence-electron chi connectivity index (χ2n) is 5.35. The Hall–Kier alpha value is -0.540. The maximum atomic E-state index is 12.0. The van der Waals surface area contributed by atoms with Crippen molar-refractivity contribution in [1.29, 1.82) is 0 Å². The Morgan fingerprint density at radius 3 is 2.33 bits per heavy atom. The van der Waals surface area contributed by atoms with Gasteiger partial charge in [0, 0.05) is 16.0 Å². The van der Waals surface area contributed by atoms with E-state index in [4.69, 9.17) is 11.6 Å². The number of nitrogens with one attached hydrogen (secondary N) is 1. The number of halogens is 2. The number of benzene rings is 1. The van der Waals surface area contributed by atoms with Crippen LogP contribution in [0.25, 0.3) is 0 Å². The number of hydrogen-bond acceptors (Lipinski definition) is 1. The molecule has 0 aliphatic carbocycles. The summed E-state index contributed by atoms with van der Waals surface area (Å²) in [5, 5.41) is 3.58. The van der Waals surface area contributed by atoms with E-state index in [2.05, 4.69) is 28.2 Å². The smallest absolute Gasteiger partial charge is 0.252 e. The van der Waals surface area contributed by atoms with E-state index in [0.717, 1.165) is 17.4 Å². The van der Waals surface area contributed by atoms with Crippen LogP contribution in [0.15, 0.2) is 22.7 Å². The average molecular weight is 375 g/mol. The Bertz CT molecular complexity index is 437. The number of rotatable bonds is 10. The van der Waals surface area contributed by atoms with Gasteiger partial charge in [0.05, 0.1) is 5.56 Å². The zero-order chi connectivity index (χ0) is 15.5. The van der Waals surface area contributed by atoms with Crippen LogP contribution in [-0.2, 0) is 0 Å². The minimum absolute atomic E-state index is 0.0403. The molecule has 2 nitrogen and oxygen atoms in total. The third-order valence-electron chi connectivity index (χ3n) is 3.49. The van der Waals surface area contributed by atoms with Gasteiger partial charge < -0.3 is 5.32 Å². The van der Waals surface area contributed by atoms with Crippen LogP contribution in [0.2, 0.25) is 5.02 Å². The minimum atomic E-state index is -0.0403. The summed E-state index contributed by atoms with van der Waals surface area (Å²) in [5.41, 5.74) is 0.638. The summed E-state index contributed by atoms with van der Waals surface area (Å²) in [6.07, 6.45) is 10.2. The molecule has 1 amide bonds. The molecule has 21 heavy (non-hydrogen) atoms. The van der Waals surface area contributed by atoms with E-state index in [1.807, 2.05) is 0 Å². The highest BCUT2D eigenvalue weighted by Gasteiger charge is 2.09. The van der Waals surface area contributed by atoms with Crippen molar-refractivity contribution in [2.75, 3.05) is 6.54 Å². The van der Waals surface area contributed by atoms with Crippen molar-refractivity contribution in [1.82, 2.24) is 5.32 Å². The molecule has 0 unspecified atom stereocenters. The van der Waals surface area contributed by atoms with Crippen molar-refractivity contribution < 1.29 is 4.79 Å². The molecule has 0 saturated heterocycles. The molecule has 0 saturated carbocycles. The SMILES string of the molecule is CCCCCCCCCCNC(=O)c1ccc(Cl)cc1Br. The molecule has 0 aliphatic heterocycles. The van der Waals surface area contributed by atoms with E-state index >= 15 is 0 Å². The summed E-state index contributed by atoms with van der Waals surface area (Å²) in [4.78, 5) is 12.0. The van der Waals surface area contributed by atoms with Gasteiger partial charge in [-0.15, -0.1) is 0 Å². The predicted molar refractivity (Wildman–Crippen MR) is 94.1 cm³/mol. The Morgan fingerprint density at radius 2 is 1.71 bits per heavy atom. The zero-order valence-corrected chi connectivity index (χ0v) is 15.1. The van der Waals surface area contributed by atoms with Crippen LogP contribution in [0, 0.1) is 0 Å². The molecule has 1 rings (SSSR count). The standard InChI is InChI=1S/C17H25BrClNO/c1-2-3-4-5-6-7-8-9-12-20-17(21)15-11-10-14(19)13-16(15)18/h10-11,13H,2-9,12H2,1H3,(H,20,21). The molecule has 0 spiro atoms. The van der Waals surface area contributed by atoms with Crippen LogP contribution in [0.3, 0.4) is 0 Å². The maximum Gasteiger partial charge on any atom is 0.252 e. The number of amides is 1. The zero-order valence-electron chi connectivity index (χ0n) is 12.8. The van der Waals surface area contributed by atoms with E-state index < -0.39 is 0 Å². The first-order valence-electron chi connectivity index (χ1n) is 7.88. The summed E-state index contributed by atoms with van der Waals surface area (Å²) in [6, 6.07) is 5.22. The first-order chi connectivity index (χ1) is 10.1. The van der Waals surface area contributed by atoms with Gasteiger partial charge in [-0.05, 0) is 40.5 Å². The van der Waals surface area contributed by atoms with Crippen molar-refractivity contribution in [3.63, 3.8) is 0 Å². The van der Waals surface area contributed by atoms with E-state index in [0.29, 0.717) is 10.6 Å². The molecule has 1 aromatic rings. The fourth-order valence-electron chi connectivity index (χ4n) is 2.23. The Labute approximate surface area is 141 Å². The fourth-order valence-corrected chi connectivity index (χ4v) is 3.09. The van der Waals surface area contributed by atoms with Gasteiger partial charge in [0.1, 0.15) is 0 Å². The molecule has 1 N–H and O–H groups in total. The van der Waals surface area contributed by atoms with Crippen LogP contribution in [0.4, 0.5) is 0 Å².